The Bertz CT molecular complexity index is 394. The molecule has 2 aliphatic rings. The van der Waals surface area contributed by atoms with Crippen LogP contribution >= 0.6 is 15.9 Å². The van der Waals surface area contributed by atoms with E-state index in [0.717, 1.165) is 16.7 Å². The number of nitrogens with zero attached hydrogens (tertiary/aromatic N) is 2. The summed E-state index contributed by atoms with van der Waals surface area (Å²) in [6.07, 6.45) is 9.72. The molecule has 0 atom stereocenters. The highest BCUT2D eigenvalue weighted by Gasteiger charge is 2.17. The molecule has 0 aromatic carbocycles. The summed E-state index contributed by atoms with van der Waals surface area (Å²) in [4.78, 5) is 1.98. The van der Waals surface area contributed by atoms with Gasteiger partial charge in [0.2, 0.25) is 0 Å². The molecular formula is C10H7BrN2. The van der Waals surface area contributed by atoms with E-state index in [1.165, 1.54) is 0 Å². The second-order valence-corrected chi connectivity index (χ2v) is 3.83. The van der Waals surface area contributed by atoms with E-state index in [4.69, 9.17) is 5.26 Å². The average molecular weight is 235 g/mol. The summed E-state index contributed by atoms with van der Waals surface area (Å²) in [5.41, 5.74) is 1.76. The van der Waals surface area contributed by atoms with Gasteiger partial charge in [0.25, 0.3) is 0 Å². The molecule has 0 amide bonds. The van der Waals surface area contributed by atoms with Crippen molar-refractivity contribution in [3.8, 4) is 6.07 Å². The summed E-state index contributed by atoms with van der Waals surface area (Å²) < 4.78 is 1.09. The summed E-state index contributed by atoms with van der Waals surface area (Å²) in [7, 11) is 0. The molecule has 0 saturated heterocycles. The molecule has 0 bridgehead atoms. The van der Waals surface area contributed by atoms with Gasteiger partial charge in [-0.3, -0.25) is 0 Å². The van der Waals surface area contributed by atoms with E-state index in [2.05, 4.69) is 22.0 Å². The molecule has 0 N–H and O–H groups in total. The van der Waals surface area contributed by atoms with E-state index in [1.54, 1.807) is 0 Å². The minimum absolute atomic E-state index is 0.693. The topological polar surface area (TPSA) is 27.0 Å². The van der Waals surface area contributed by atoms with Crippen molar-refractivity contribution in [3.63, 3.8) is 0 Å². The SMILES string of the molecule is N#CC1=CC=CC2=CC=C(Br)CN12. The molecule has 0 spiro atoms. The normalized spacial score (nSPS) is 19.7. The van der Waals surface area contributed by atoms with E-state index in [0.29, 0.717) is 5.70 Å². The Kier molecular flexibility index (Phi) is 2.07. The first kappa shape index (κ1) is 8.33. The van der Waals surface area contributed by atoms with Gasteiger partial charge in [0.1, 0.15) is 11.8 Å². The van der Waals surface area contributed by atoms with Crippen LogP contribution in [-0.2, 0) is 0 Å². The monoisotopic (exact) mass is 234 g/mol. The predicted molar refractivity (Wildman–Crippen MR) is 54.6 cm³/mol. The lowest BCUT2D eigenvalue weighted by molar-refractivity contribution is 0.494. The standard InChI is InChI=1S/C10H7BrN2/c11-8-4-5-9-2-1-3-10(6-12)13(9)7-8/h1-5H,7H2. The first-order chi connectivity index (χ1) is 6.31. The molecule has 2 heterocycles. The van der Waals surface area contributed by atoms with Crippen molar-refractivity contribution in [1.82, 2.24) is 4.90 Å². The highest BCUT2D eigenvalue weighted by Crippen LogP contribution is 2.25. The molecular weight excluding hydrogens is 228 g/mol. The second-order valence-electron chi connectivity index (χ2n) is 2.81. The third-order valence-corrected chi connectivity index (χ3v) is 2.50. The fourth-order valence-corrected chi connectivity index (χ4v) is 1.74. The van der Waals surface area contributed by atoms with Gasteiger partial charge in [0.15, 0.2) is 0 Å². The number of rotatable bonds is 0. The molecule has 2 nitrogen and oxygen atoms in total. The Morgan fingerprint density at radius 1 is 1.38 bits per heavy atom. The van der Waals surface area contributed by atoms with Gasteiger partial charge in [-0.2, -0.15) is 5.26 Å². The summed E-state index contributed by atoms with van der Waals surface area (Å²) >= 11 is 3.42. The quantitative estimate of drug-likeness (QED) is 0.644. The summed E-state index contributed by atoms with van der Waals surface area (Å²) in [5, 5.41) is 8.86. The number of hydrogen-bond acceptors (Lipinski definition) is 2. The van der Waals surface area contributed by atoms with Crippen LogP contribution < -0.4 is 0 Å². The van der Waals surface area contributed by atoms with Crippen LogP contribution in [0.3, 0.4) is 0 Å². The lowest BCUT2D eigenvalue weighted by Gasteiger charge is -2.28. The van der Waals surface area contributed by atoms with E-state index < -0.39 is 0 Å². The van der Waals surface area contributed by atoms with Crippen molar-refractivity contribution in [2.75, 3.05) is 6.54 Å². The Morgan fingerprint density at radius 3 is 3.00 bits per heavy atom. The van der Waals surface area contributed by atoms with Crippen LogP contribution in [0.2, 0.25) is 0 Å². The molecule has 0 saturated carbocycles. The van der Waals surface area contributed by atoms with Crippen LogP contribution in [0, 0.1) is 11.3 Å². The predicted octanol–water partition coefficient (Wildman–Crippen LogP) is 2.44. The van der Waals surface area contributed by atoms with Gasteiger partial charge in [-0.05, 0) is 24.3 Å². The minimum Gasteiger partial charge on any atom is -0.328 e. The first-order valence-corrected chi connectivity index (χ1v) is 4.73. The first-order valence-electron chi connectivity index (χ1n) is 3.93. The van der Waals surface area contributed by atoms with Crippen molar-refractivity contribution in [1.29, 1.82) is 5.26 Å². The largest absolute Gasteiger partial charge is 0.328 e. The number of fused-ring (bicyclic) bond motifs is 1. The van der Waals surface area contributed by atoms with Crippen molar-refractivity contribution in [2.45, 2.75) is 0 Å². The Morgan fingerprint density at radius 2 is 2.23 bits per heavy atom. The van der Waals surface area contributed by atoms with Crippen LogP contribution in [0.4, 0.5) is 0 Å². The van der Waals surface area contributed by atoms with Gasteiger partial charge in [0, 0.05) is 10.2 Å². The molecule has 64 valence electrons. The minimum atomic E-state index is 0.693. The summed E-state index contributed by atoms with van der Waals surface area (Å²) in [6.45, 7) is 0.746. The van der Waals surface area contributed by atoms with E-state index in [-0.39, 0.29) is 0 Å². The maximum Gasteiger partial charge on any atom is 0.120 e. The maximum atomic E-state index is 8.86. The average Bonchev–Trinajstić information content (AvgIpc) is 2.17. The van der Waals surface area contributed by atoms with Crippen LogP contribution in [0.5, 0.6) is 0 Å². The summed E-state index contributed by atoms with van der Waals surface area (Å²) in [5.74, 6) is 0. The molecule has 2 rings (SSSR count). The molecule has 0 unspecified atom stereocenters. The van der Waals surface area contributed by atoms with Crippen molar-refractivity contribution < 1.29 is 0 Å². The third-order valence-electron chi connectivity index (χ3n) is 1.98. The highest BCUT2D eigenvalue weighted by molar-refractivity contribution is 9.11. The van der Waals surface area contributed by atoms with Crippen LogP contribution in [0.15, 0.2) is 46.3 Å². The van der Waals surface area contributed by atoms with Gasteiger partial charge < -0.3 is 4.90 Å². The highest BCUT2D eigenvalue weighted by atomic mass is 79.9. The molecule has 0 aliphatic carbocycles. The van der Waals surface area contributed by atoms with E-state index in [1.807, 2.05) is 35.3 Å². The molecule has 2 aliphatic heterocycles. The lowest BCUT2D eigenvalue weighted by Crippen LogP contribution is -2.25. The second kappa shape index (κ2) is 3.23. The number of hydrogen-bond donors (Lipinski definition) is 0. The fraction of sp³-hybridized carbons (Fsp3) is 0.100. The maximum absolute atomic E-state index is 8.86. The van der Waals surface area contributed by atoms with Crippen LogP contribution in [0.1, 0.15) is 0 Å². The van der Waals surface area contributed by atoms with Crippen LogP contribution in [0.25, 0.3) is 0 Å². The zero-order valence-electron chi connectivity index (χ0n) is 6.87. The van der Waals surface area contributed by atoms with Gasteiger partial charge in [-0.1, -0.05) is 22.0 Å². The third kappa shape index (κ3) is 1.45. The van der Waals surface area contributed by atoms with Gasteiger partial charge in [-0.25, -0.2) is 0 Å². The van der Waals surface area contributed by atoms with Gasteiger partial charge in [0.05, 0.1) is 6.54 Å². The Balaban J connectivity index is 2.40. The molecule has 3 heteroatoms. The number of allylic oxidation sites excluding steroid dienone is 6. The lowest BCUT2D eigenvalue weighted by atomic mass is 10.1. The number of nitriles is 1. The van der Waals surface area contributed by atoms with Crippen molar-refractivity contribution in [3.05, 3.63) is 46.3 Å². The van der Waals surface area contributed by atoms with Gasteiger partial charge in [-0.15, -0.1) is 0 Å². The molecule has 0 aromatic heterocycles. The zero-order chi connectivity index (χ0) is 9.26. The van der Waals surface area contributed by atoms with Crippen LogP contribution in [-0.4, -0.2) is 11.4 Å². The van der Waals surface area contributed by atoms with E-state index >= 15 is 0 Å². The molecule has 0 fully saturated rings. The molecule has 0 aromatic rings. The van der Waals surface area contributed by atoms with Gasteiger partial charge >= 0.3 is 0 Å². The Labute approximate surface area is 85.3 Å². The smallest absolute Gasteiger partial charge is 0.120 e. The molecule has 0 radical (unpaired) electrons. The number of halogens is 1. The fourth-order valence-electron chi connectivity index (χ4n) is 1.36. The van der Waals surface area contributed by atoms with E-state index in [9.17, 15) is 0 Å². The summed E-state index contributed by atoms with van der Waals surface area (Å²) in [6, 6.07) is 2.17. The van der Waals surface area contributed by atoms with Crippen molar-refractivity contribution in [2.24, 2.45) is 0 Å². The molecule has 13 heavy (non-hydrogen) atoms. The van der Waals surface area contributed by atoms with Crippen molar-refractivity contribution >= 4 is 15.9 Å². The Hall–Kier alpha value is -1.27. The zero-order valence-corrected chi connectivity index (χ0v) is 8.45.